The number of aryl methyl sites for hydroxylation is 1. The van der Waals surface area contributed by atoms with Crippen LogP contribution in [0.15, 0.2) is 30.3 Å². The highest BCUT2D eigenvalue weighted by molar-refractivity contribution is 6.04. The average Bonchev–Trinajstić information content (AvgIpc) is 3.09. The van der Waals surface area contributed by atoms with Crippen LogP contribution in [0.5, 0.6) is 0 Å². The molecule has 5 unspecified atom stereocenters. The lowest BCUT2D eigenvalue weighted by molar-refractivity contribution is -0.156. The number of esters is 1. The van der Waals surface area contributed by atoms with Crippen LogP contribution < -0.4 is 5.32 Å². The van der Waals surface area contributed by atoms with Crippen LogP contribution >= 0.6 is 0 Å². The lowest BCUT2D eigenvalue weighted by Gasteiger charge is -2.28. The molecule has 8 heteroatoms. The number of aliphatic carboxylic acids is 1. The van der Waals surface area contributed by atoms with Gasteiger partial charge in [0.1, 0.15) is 12.1 Å². The third kappa shape index (κ3) is 5.18. The van der Waals surface area contributed by atoms with Crippen molar-refractivity contribution >= 4 is 23.8 Å². The van der Waals surface area contributed by atoms with E-state index in [9.17, 15) is 24.3 Å². The number of ether oxygens (including phenoxy) is 1. The zero-order chi connectivity index (χ0) is 23.3. The fraction of sp³-hybridized carbons (Fsp3) is 0.583. The number of imide groups is 1. The highest BCUT2D eigenvalue weighted by Gasteiger charge is 2.54. The van der Waals surface area contributed by atoms with E-state index in [4.69, 9.17) is 4.74 Å². The number of nitrogens with one attached hydrogen (secondary N) is 1. The molecule has 1 aliphatic heterocycles. The number of likely N-dealkylation sites (tertiary alicyclic amines) is 1. The van der Waals surface area contributed by atoms with Crippen molar-refractivity contribution in [3.8, 4) is 0 Å². The first-order valence-electron chi connectivity index (χ1n) is 11.4. The van der Waals surface area contributed by atoms with Crippen LogP contribution in [0.4, 0.5) is 0 Å². The fourth-order valence-electron chi connectivity index (χ4n) is 4.94. The number of benzene rings is 1. The van der Waals surface area contributed by atoms with Crippen LogP contribution in [-0.2, 0) is 30.3 Å². The van der Waals surface area contributed by atoms with Crippen LogP contribution in [0.25, 0.3) is 0 Å². The summed E-state index contributed by atoms with van der Waals surface area (Å²) in [5.41, 5.74) is 1.05. The van der Waals surface area contributed by atoms with Crippen molar-refractivity contribution < 1.29 is 29.0 Å². The Morgan fingerprint density at radius 1 is 1.19 bits per heavy atom. The number of carboxylic acid groups (broad SMARTS) is 1. The average molecular weight is 445 g/mol. The maximum absolute atomic E-state index is 13.2. The predicted molar refractivity (Wildman–Crippen MR) is 117 cm³/mol. The highest BCUT2D eigenvalue weighted by atomic mass is 16.5. The van der Waals surface area contributed by atoms with E-state index in [-0.39, 0.29) is 12.5 Å². The lowest BCUT2D eigenvalue weighted by Crippen LogP contribution is -2.55. The van der Waals surface area contributed by atoms with Crippen LogP contribution in [0.1, 0.15) is 51.5 Å². The van der Waals surface area contributed by atoms with Gasteiger partial charge in [-0.25, -0.2) is 4.79 Å². The van der Waals surface area contributed by atoms with E-state index in [1.54, 1.807) is 13.8 Å². The van der Waals surface area contributed by atoms with Gasteiger partial charge in [-0.1, -0.05) is 43.2 Å². The van der Waals surface area contributed by atoms with Crippen LogP contribution in [0.2, 0.25) is 0 Å². The molecule has 3 rings (SSSR count). The Morgan fingerprint density at radius 2 is 1.88 bits per heavy atom. The van der Waals surface area contributed by atoms with Crippen molar-refractivity contribution in [3.63, 3.8) is 0 Å². The molecular weight excluding hydrogens is 412 g/mol. The normalized spacial score (nSPS) is 24.5. The van der Waals surface area contributed by atoms with Crippen molar-refractivity contribution in [1.82, 2.24) is 10.2 Å². The minimum Gasteiger partial charge on any atom is -0.480 e. The minimum absolute atomic E-state index is 0.208. The van der Waals surface area contributed by atoms with Crippen LogP contribution in [-0.4, -0.2) is 58.5 Å². The van der Waals surface area contributed by atoms with Gasteiger partial charge in [0.15, 0.2) is 0 Å². The molecule has 2 N–H and O–H groups in total. The van der Waals surface area contributed by atoms with Gasteiger partial charge in [0.25, 0.3) is 0 Å². The number of rotatable bonds is 9. The summed E-state index contributed by atoms with van der Waals surface area (Å²) in [5.74, 6) is -3.40. The summed E-state index contributed by atoms with van der Waals surface area (Å²) in [6.07, 6.45) is 3.96. The van der Waals surface area contributed by atoms with E-state index in [0.717, 1.165) is 23.3 Å². The van der Waals surface area contributed by atoms with E-state index in [2.05, 4.69) is 5.32 Å². The second kappa shape index (κ2) is 10.7. The van der Waals surface area contributed by atoms with Gasteiger partial charge in [0, 0.05) is 11.8 Å². The molecule has 32 heavy (non-hydrogen) atoms. The molecule has 2 amide bonds. The SMILES string of the molecule is CCOC(=O)C(CCc1ccccc1)NC(C)C(=O)N1C(=O)C2CCCCC2C1C(=O)O. The molecule has 8 nitrogen and oxygen atoms in total. The zero-order valence-corrected chi connectivity index (χ0v) is 18.7. The van der Waals surface area contributed by atoms with Crippen LogP contribution in [0.3, 0.4) is 0 Å². The summed E-state index contributed by atoms with van der Waals surface area (Å²) < 4.78 is 5.17. The Bertz CT molecular complexity index is 842. The number of fused-ring (bicyclic) bond motifs is 1. The first kappa shape index (κ1) is 23.9. The van der Waals surface area contributed by atoms with Crippen molar-refractivity contribution in [2.45, 2.75) is 70.5 Å². The summed E-state index contributed by atoms with van der Waals surface area (Å²) in [7, 11) is 0. The van der Waals surface area contributed by atoms with E-state index in [0.29, 0.717) is 25.7 Å². The molecule has 0 aromatic heterocycles. The third-order valence-corrected chi connectivity index (χ3v) is 6.51. The Balaban J connectivity index is 1.73. The molecule has 1 aliphatic carbocycles. The molecule has 5 atom stereocenters. The second-order valence-electron chi connectivity index (χ2n) is 8.60. The second-order valence-corrected chi connectivity index (χ2v) is 8.60. The Hall–Kier alpha value is -2.74. The Morgan fingerprint density at radius 3 is 2.53 bits per heavy atom. The molecule has 0 spiro atoms. The number of carbonyl (C=O) groups is 4. The molecule has 0 radical (unpaired) electrons. The maximum Gasteiger partial charge on any atom is 0.327 e. The molecule has 2 fully saturated rings. The quantitative estimate of drug-likeness (QED) is 0.561. The van der Waals surface area contributed by atoms with Crippen LogP contribution in [0, 0.1) is 11.8 Å². The predicted octanol–water partition coefficient (Wildman–Crippen LogP) is 2.16. The van der Waals surface area contributed by atoms with Gasteiger partial charge in [0.2, 0.25) is 11.8 Å². The molecule has 2 aliphatic rings. The molecule has 1 heterocycles. The number of carboxylic acids is 1. The summed E-state index contributed by atoms with van der Waals surface area (Å²) in [6.45, 7) is 3.48. The monoisotopic (exact) mass is 444 g/mol. The smallest absolute Gasteiger partial charge is 0.327 e. The number of nitrogens with zero attached hydrogens (tertiary/aromatic N) is 1. The molecule has 0 bridgehead atoms. The van der Waals surface area contributed by atoms with Crippen molar-refractivity contribution in [3.05, 3.63) is 35.9 Å². The molecule has 1 aromatic carbocycles. The first-order chi connectivity index (χ1) is 15.3. The highest BCUT2D eigenvalue weighted by Crippen LogP contribution is 2.41. The van der Waals surface area contributed by atoms with E-state index < -0.39 is 47.8 Å². The van der Waals surface area contributed by atoms with E-state index >= 15 is 0 Å². The van der Waals surface area contributed by atoms with Gasteiger partial charge in [-0.05, 0) is 45.1 Å². The van der Waals surface area contributed by atoms with E-state index in [1.807, 2.05) is 30.3 Å². The summed E-state index contributed by atoms with van der Waals surface area (Å²) in [6, 6.07) is 6.85. The largest absolute Gasteiger partial charge is 0.480 e. The number of amides is 2. The number of carbonyl (C=O) groups excluding carboxylic acids is 3. The van der Waals surface area contributed by atoms with Gasteiger partial charge in [0.05, 0.1) is 12.6 Å². The zero-order valence-electron chi connectivity index (χ0n) is 18.7. The third-order valence-electron chi connectivity index (χ3n) is 6.51. The lowest BCUT2D eigenvalue weighted by atomic mass is 9.78. The summed E-state index contributed by atoms with van der Waals surface area (Å²) in [5, 5.41) is 12.8. The van der Waals surface area contributed by atoms with Crippen molar-refractivity contribution in [2.24, 2.45) is 11.8 Å². The van der Waals surface area contributed by atoms with Gasteiger partial charge in [-0.2, -0.15) is 0 Å². The minimum atomic E-state index is -1.15. The molecular formula is C24H32N2O6. The molecule has 1 saturated heterocycles. The first-order valence-corrected chi connectivity index (χ1v) is 11.4. The van der Waals surface area contributed by atoms with Crippen molar-refractivity contribution in [2.75, 3.05) is 6.61 Å². The Kier molecular flexibility index (Phi) is 8.01. The summed E-state index contributed by atoms with van der Waals surface area (Å²) >= 11 is 0. The number of hydrogen-bond acceptors (Lipinski definition) is 6. The molecule has 1 aromatic rings. The maximum atomic E-state index is 13.2. The summed E-state index contributed by atoms with van der Waals surface area (Å²) in [4.78, 5) is 51.6. The fourth-order valence-corrected chi connectivity index (χ4v) is 4.94. The van der Waals surface area contributed by atoms with Gasteiger partial charge in [-0.3, -0.25) is 24.6 Å². The molecule has 1 saturated carbocycles. The van der Waals surface area contributed by atoms with Crippen molar-refractivity contribution in [1.29, 1.82) is 0 Å². The Labute approximate surface area is 188 Å². The van der Waals surface area contributed by atoms with Gasteiger partial charge in [-0.15, -0.1) is 0 Å². The number of hydrogen-bond donors (Lipinski definition) is 2. The standard InChI is InChI=1S/C24H32N2O6/c1-3-32-24(31)19(14-13-16-9-5-4-6-10-16)25-15(2)21(27)26-20(23(29)30)17-11-7-8-12-18(17)22(26)28/h4-6,9-10,15,17-20,25H,3,7-8,11-14H2,1-2H3,(H,29,30). The van der Waals surface area contributed by atoms with Gasteiger partial charge < -0.3 is 9.84 Å². The molecule has 174 valence electrons. The van der Waals surface area contributed by atoms with Gasteiger partial charge >= 0.3 is 11.9 Å². The van der Waals surface area contributed by atoms with E-state index in [1.165, 1.54) is 0 Å². The topological polar surface area (TPSA) is 113 Å².